The maximum absolute atomic E-state index is 15.3. The number of pyridine rings is 2. The van der Waals surface area contributed by atoms with Crippen LogP contribution in [0.15, 0.2) is 28.0 Å². The number of anilines is 1. The second-order valence-electron chi connectivity index (χ2n) is 8.30. The zero-order valence-corrected chi connectivity index (χ0v) is 17.7. The number of aromatic amines is 1. The van der Waals surface area contributed by atoms with E-state index >= 15 is 4.39 Å². The van der Waals surface area contributed by atoms with Crippen molar-refractivity contribution < 1.29 is 4.39 Å². The molecule has 0 saturated carbocycles. The Balaban J connectivity index is 2.13. The van der Waals surface area contributed by atoms with Crippen molar-refractivity contribution in [2.75, 3.05) is 11.4 Å². The number of piperidine rings is 1. The molecule has 4 heterocycles. The van der Waals surface area contributed by atoms with Crippen molar-refractivity contribution >= 4 is 16.7 Å². The summed E-state index contributed by atoms with van der Waals surface area (Å²) in [5, 5.41) is 0.415. The van der Waals surface area contributed by atoms with Crippen LogP contribution in [0.1, 0.15) is 57.2 Å². The Morgan fingerprint density at radius 1 is 1.27 bits per heavy atom. The van der Waals surface area contributed by atoms with E-state index in [2.05, 4.69) is 21.9 Å². The standard InChI is InChI=1S/C22H26FN5O2/c1-12(2)17-18(13(3)8-9-24-17)28-19-15(11-25-21(29)16(19)23)20(26-22(28)30)27-10-6-5-7-14(27)4/h8-9,11-12,14H,5-7,10H2,1-4H3,(H,25,29)/t14-/m0/s1. The van der Waals surface area contributed by atoms with Gasteiger partial charge in [-0.25, -0.2) is 4.79 Å². The van der Waals surface area contributed by atoms with Crippen LogP contribution in [-0.2, 0) is 0 Å². The van der Waals surface area contributed by atoms with Crippen LogP contribution in [-0.4, -0.2) is 32.1 Å². The third-order valence-corrected chi connectivity index (χ3v) is 5.87. The van der Waals surface area contributed by atoms with Crippen molar-refractivity contribution in [1.29, 1.82) is 0 Å². The molecule has 1 N–H and O–H groups in total. The van der Waals surface area contributed by atoms with Crippen molar-refractivity contribution in [3.05, 3.63) is 56.4 Å². The Kier molecular flexibility index (Phi) is 5.17. The van der Waals surface area contributed by atoms with E-state index in [0.717, 1.165) is 31.4 Å². The number of aromatic nitrogens is 4. The van der Waals surface area contributed by atoms with Crippen LogP contribution in [0.3, 0.4) is 0 Å². The molecule has 1 saturated heterocycles. The predicted molar refractivity (Wildman–Crippen MR) is 115 cm³/mol. The van der Waals surface area contributed by atoms with Gasteiger partial charge >= 0.3 is 5.69 Å². The fourth-order valence-electron chi connectivity index (χ4n) is 4.30. The number of fused-ring (bicyclic) bond motifs is 1. The van der Waals surface area contributed by atoms with E-state index in [-0.39, 0.29) is 17.5 Å². The minimum Gasteiger partial charge on any atom is -0.353 e. The SMILES string of the molecule is Cc1ccnc(C(C)C)c1-n1c(=O)nc(N2CCCC[C@@H]2C)c2c[nH]c(=O)c(F)c21. The molecule has 4 rings (SSSR count). The molecule has 7 nitrogen and oxygen atoms in total. The first kappa shape index (κ1) is 20.3. The van der Waals surface area contributed by atoms with Gasteiger partial charge in [0.2, 0.25) is 5.82 Å². The van der Waals surface area contributed by atoms with Gasteiger partial charge in [-0.15, -0.1) is 0 Å². The maximum atomic E-state index is 15.3. The lowest BCUT2D eigenvalue weighted by Gasteiger charge is -2.35. The lowest BCUT2D eigenvalue weighted by molar-refractivity contribution is 0.481. The van der Waals surface area contributed by atoms with Gasteiger partial charge in [0.25, 0.3) is 5.56 Å². The summed E-state index contributed by atoms with van der Waals surface area (Å²) >= 11 is 0. The van der Waals surface area contributed by atoms with Crippen molar-refractivity contribution in [3.8, 4) is 5.69 Å². The second kappa shape index (κ2) is 7.66. The number of hydrogen-bond donors (Lipinski definition) is 1. The molecule has 0 bridgehead atoms. The molecule has 1 aliphatic heterocycles. The molecule has 30 heavy (non-hydrogen) atoms. The average molecular weight is 411 g/mol. The van der Waals surface area contributed by atoms with Gasteiger partial charge in [-0.05, 0) is 50.7 Å². The predicted octanol–water partition coefficient (Wildman–Crippen LogP) is 3.42. The van der Waals surface area contributed by atoms with E-state index in [1.165, 1.54) is 10.8 Å². The molecule has 1 atom stereocenters. The third kappa shape index (κ3) is 3.20. The summed E-state index contributed by atoms with van der Waals surface area (Å²) in [5.74, 6) is -0.578. The first-order valence-electron chi connectivity index (χ1n) is 10.4. The monoisotopic (exact) mass is 411 g/mol. The Morgan fingerprint density at radius 3 is 2.73 bits per heavy atom. The molecule has 0 spiro atoms. The topological polar surface area (TPSA) is 83.9 Å². The van der Waals surface area contributed by atoms with E-state index < -0.39 is 17.1 Å². The summed E-state index contributed by atoms with van der Waals surface area (Å²) in [4.78, 5) is 38.8. The van der Waals surface area contributed by atoms with Crippen LogP contribution in [0, 0.1) is 12.7 Å². The Morgan fingerprint density at radius 2 is 2.03 bits per heavy atom. The van der Waals surface area contributed by atoms with Gasteiger partial charge in [0, 0.05) is 25.0 Å². The first-order chi connectivity index (χ1) is 14.3. The van der Waals surface area contributed by atoms with Gasteiger partial charge in [0.05, 0.1) is 16.8 Å². The molecule has 0 aromatic carbocycles. The van der Waals surface area contributed by atoms with Crippen LogP contribution >= 0.6 is 0 Å². The highest BCUT2D eigenvalue weighted by atomic mass is 19.1. The summed E-state index contributed by atoms with van der Waals surface area (Å²) in [7, 11) is 0. The highest BCUT2D eigenvalue weighted by Crippen LogP contribution is 2.31. The fourth-order valence-corrected chi connectivity index (χ4v) is 4.30. The fraction of sp³-hybridized carbons (Fsp3) is 0.455. The molecule has 0 aliphatic carbocycles. The molecular weight excluding hydrogens is 385 g/mol. The maximum Gasteiger partial charge on any atom is 0.354 e. The number of nitrogens with zero attached hydrogens (tertiary/aromatic N) is 4. The third-order valence-electron chi connectivity index (χ3n) is 5.87. The van der Waals surface area contributed by atoms with Gasteiger partial charge in [0.15, 0.2) is 0 Å². The number of halogens is 1. The highest BCUT2D eigenvalue weighted by Gasteiger charge is 2.27. The van der Waals surface area contributed by atoms with Crippen LogP contribution in [0.2, 0.25) is 0 Å². The van der Waals surface area contributed by atoms with Crippen LogP contribution in [0.4, 0.5) is 10.2 Å². The van der Waals surface area contributed by atoms with E-state index in [4.69, 9.17) is 0 Å². The Hall–Kier alpha value is -3.03. The lowest BCUT2D eigenvalue weighted by Crippen LogP contribution is -2.40. The van der Waals surface area contributed by atoms with Gasteiger partial charge in [-0.1, -0.05) is 13.8 Å². The summed E-state index contributed by atoms with van der Waals surface area (Å²) in [6.45, 7) is 8.56. The largest absolute Gasteiger partial charge is 0.354 e. The van der Waals surface area contributed by atoms with Gasteiger partial charge in [-0.2, -0.15) is 9.37 Å². The number of hydrogen-bond acceptors (Lipinski definition) is 5. The van der Waals surface area contributed by atoms with Crippen molar-refractivity contribution in [1.82, 2.24) is 19.5 Å². The number of aryl methyl sites for hydroxylation is 1. The van der Waals surface area contributed by atoms with Crippen LogP contribution < -0.4 is 16.1 Å². The van der Waals surface area contributed by atoms with E-state index in [1.54, 1.807) is 12.3 Å². The summed E-state index contributed by atoms with van der Waals surface area (Å²) in [5.41, 5.74) is 0.365. The minimum absolute atomic E-state index is 0.00583. The molecule has 0 radical (unpaired) electrons. The van der Waals surface area contributed by atoms with Crippen molar-refractivity contribution in [2.24, 2.45) is 0 Å². The van der Waals surface area contributed by atoms with E-state index in [1.807, 2.05) is 25.7 Å². The molecule has 3 aromatic heterocycles. The number of rotatable bonds is 3. The quantitative estimate of drug-likeness (QED) is 0.714. The molecule has 1 fully saturated rings. The van der Waals surface area contributed by atoms with Crippen molar-refractivity contribution in [2.45, 2.75) is 58.9 Å². The van der Waals surface area contributed by atoms with Crippen molar-refractivity contribution in [3.63, 3.8) is 0 Å². The summed E-state index contributed by atoms with van der Waals surface area (Å²) in [6.07, 6.45) is 6.17. The highest BCUT2D eigenvalue weighted by molar-refractivity contribution is 5.90. The van der Waals surface area contributed by atoms with Crippen LogP contribution in [0.5, 0.6) is 0 Å². The van der Waals surface area contributed by atoms with E-state index in [0.29, 0.717) is 22.6 Å². The van der Waals surface area contributed by atoms with Crippen LogP contribution in [0.25, 0.3) is 16.6 Å². The average Bonchev–Trinajstić information content (AvgIpc) is 2.71. The molecule has 158 valence electrons. The van der Waals surface area contributed by atoms with Gasteiger partial charge in [0.1, 0.15) is 11.3 Å². The second-order valence-corrected chi connectivity index (χ2v) is 8.30. The summed E-state index contributed by atoms with van der Waals surface area (Å²) in [6, 6.07) is 1.94. The Labute approximate surface area is 173 Å². The molecule has 8 heteroatoms. The summed E-state index contributed by atoms with van der Waals surface area (Å²) < 4.78 is 16.5. The number of H-pyrrole nitrogens is 1. The molecule has 3 aromatic rings. The minimum atomic E-state index is -0.990. The molecule has 0 unspecified atom stereocenters. The number of nitrogens with one attached hydrogen (secondary N) is 1. The lowest BCUT2D eigenvalue weighted by atomic mass is 10.0. The zero-order valence-electron chi connectivity index (χ0n) is 17.7. The van der Waals surface area contributed by atoms with Gasteiger partial charge in [-0.3, -0.25) is 14.3 Å². The molecule has 0 amide bonds. The normalized spacial score (nSPS) is 17.1. The molecular formula is C22H26FN5O2. The van der Waals surface area contributed by atoms with Gasteiger partial charge < -0.3 is 9.88 Å². The Bertz CT molecular complexity index is 1230. The zero-order chi connectivity index (χ0) is 21.6. The molecule has 1 aliphatic rings. The first-order valence-corrected chi connectivity index (χ1v) is 10.4. The smallest absolute Gasteiger partial charge is 0.353 e. The van der Waals surface area contributed by atoms with E-state index in [9.17, 15) is 9.59 Å².